The molecule has 23 heavy (non-hydrogen) atoms. The fourth-order valence-corrected chi connectivity index (χ4v) is 2.67. The molecule has 0 saturated heterocycles. The van der Waals surface area contributed by atoms with Crippen LogP contribution < -0.4 is 0 Å². The molecule has 2 aromatic rings. The first-order valence-electron chi connectivity index (χ1n) is 7.37. The summed E-state index contributed by atoms with van der Waals surface area (Å²) in [6, 6.07) is 20.4. The average molecular weight is 298 g/mol. The normalized spacial score (nSPS) is 16.8. The van der Waals surface area contributed by atoms with Crippen LogP contribution in [0.1, 0.15) is 29.5 Å². The molecule has 2 aromatic carbocycles. The zero-order valence-corrected chi connectivity index (χ0v) is 12.5. The van der Waals surface area contributed by atoms with Crippen molar-refractivity contribution in [1.29, 1.82) is 10.5 Å². The first-order valence-corrected chi connectivity index (χ1v) is 7.37. The lowest BCUT2D eigenvalue weighted by atomic mass is 9.79. The molecule has 3 rings (SSSR count). The minimum Gasteiger partial charge on any atom is -0.372 e. The largest absolute Gasteiger partial charge is 0.372 e. The minimum absolute atomic E-state index is 0.456. The van der Waals surface area contributed by atoms with Crippen LogP contribution in [0, 0.1) is 39.9 Å². The highest BCUT2D eigenvalue weighted by Gasteiger charge is 2.60. The van der Waals surface area contributed by atoms with E-state index in [4.69, 9.17) is 5.26 Å². The first-order chi connectivity index (χ1) is 11.1. The third kappa shape index (κ3) is 2.47. The van der Waals surface area contributed by atoms with Crippen molar-refractivity contribution in [2.24, 2.45) is 5.41 Å². The smallest absolute Gasteiger partial charge is 0.169 e. The molecular weight excluding hydrogens is 284 g/mol. The van der Waals surface area contributed by atoms with Crippen LogP contribution in [-0.4, -0.2) is 5.11 Å². The molecule has 3 heteroatoms. The van der Waals surface area contributed by atoms with Gasteiger partial charge in [-0.3, -0.25) is 0 Å². The number of nitriles is 2. The van der Waals surface area contributed by atoms with Gasteiger partial charge in [0.05, 0.1) is 11.6 Å². The summed E-state index contributed by atoms with van der Waals surface area (Å²) in [6.45, 7) is 0. The van der Waals surface area contributed by atoms with Crippen molar-refractivity contribution in [3.05, 3.63) is 71.3 Å². The van der Waals surface area contributed by atoms with Crippen LogP contribution in [-0.2, 0) is 5.60 Å². The Morgan fingerprint density at radius 2 is 1.52 bits per heavy atom. The number of rotatable bonds is 2. The van der Waals surface area contributed by atoms with Crippen molar-refractivity contribution in [1.82, 2.24) is 0 Å². The molecule has 1 aliphatic carbocycles. The lowest BCUT2D eigenvalue weighted by molar-refractivity contribution is 0.0456. The molecule has 1 N–H and O–H groups in total. The summed E-state index contributed by atoms with van der Waals surface area (Å²) in [5.41, 5.74) is -0.787. The van der Waals surface area contributed by atoms with Gasteiger partial charge in [0, 0.05) is 5.56 Å². The summed E-state index contributed by atoms with van der Waals surface area (Å²) in [4.78, 5) is 0. The van der Waals surface area contributed by atoms with E-state index in [9.17, 15) is 10.4 Å². The zero-order chi connectivity index (χ0) is 16.3. The molecule has 0 bridgehead atoms. The highest BCUT2D eigenvalue weighted by molar-refractivity contribution is 5.51. The molecule has 0 aromatic heterocycles. The summed E-state index contributed by atoms with van der Waals surface area (Å²) < 4.78 is 0. The molecule has 0 unspecified atom stereocenters. The van der Waals surface area contributed by atoms with Crippen LogP contribution in [0.25, 0.3) is 0 Å². The summed E-state index contributed by atoms with van der Waals surface area (Å²) >= 11 is 0. The SMILES string of the molecule is N#Cc1ccccc1C#C[C@](O)(c1ccccc1)C1(C#N)CC1. The Bertz CT molecular complexity index is 874. The number of nitrogens with zero attached hydrogens (tertiary/aromatic N) is 2. The number of hydrogen-bond donors (Lipinski definition) is 1. The molecular formula is C20H14N2O. The van der Waals surface area contributed by atoms with Crippen LogP contribution in [0.2, 0.25) is 0 Å². The third-order valence-corrected chi connectivity index (χ3v) is 4.27. The second-order valence-corrected chi connectivity index (χ2v) is 5.68. The van der Waals surface area contributed by atoms with E-state index in [-0.39, 0.29) is 0 Å². The summed E-state index contributed by atoms with van der Waals surface area (Å²) in [5.74, 6) is 5.80. The maximum absolute atomic E-state index is 11.2. The van der Waals surface area contributed by atoms with Gasteiger partial charge in [-0.15, -0.1) is 0 Å². The Morgan fingerprint density at radius 1 is 0.913 bits per heavy atom. The van der Waals surface area contributed by atoms with Gasteiger partial charge in [-0.2, -0.15) is 10.5 Å². The summed E-state index contributed by atoms with van der Waals surface area (Å²) in [5, 5.41) is 29.9. The third-order valence-electron chi connectivity index (χ3n) is 4.27. The lowest BCUT2D eigenvalue weighted by Gasteiger charge is -2.27. The van der Waals surface area contributed by atoms with Crippen molar-refractivity contribution in [2.75, 3.05) is 0 Å². The van der Waals surface area contributed by atoms with Gasteiger partial charge >= 0.3 is 0 Å². The maximum atomic E-state index is 11.2. The van der Waals surface area contributed by atoms with E-state index in [2.05, 4.69) is 24.0 Å². The van der Waals surface area contributed by atoms with Gasteiger partial charge in [0.15, 0.2) is 5.60 Å². The van der Waals surface area contributed by atoms with Crippen molar-refractivity contribution in [3.63, 3.8) is 0 Å². The zero-order valence-electron chi connectivity index (χ0n) is 12.5. The molecule has 110 valence electrons. The average Bonchev–Trinajstić information content (AvgIpc) is 3.42. The van der Waals surface area contributed by atoms with E-state index in [0.717, 1.165) is 0 Å². The van der Waals surface area contributed by atoms with Crippen LogP contribution in [0.4, 0.5) is 0 Å². The predicted octanol–water partition coefficient (Wildman–Crippen LogP) is 3.10. The number of benzene rings is 2. The topological polar surface area (TPSA) is 67.8 Å². The fraction of sp³-hybridized carbons (Fsp3) is 0.200. The Balaban J connectivity index is 2.12. The fourth-order valence-electron chi connectivity index (χ4n) is 2.67. The van der Waals surface area contributed by atoms with E-state index < -0.39 is 11.0 Å². The van der Waals surface area contributed by atoms with E-state index in [1.165, 1.54) is 0 Å². The highest BCUT2D eigenvalue weighted by Crippen LogP contribution is 2.57. The molecule has 0 heterocycles. The molecule has 0 amide bonds. The van der Waals surface area contributed by atoms with E-state index >= 15 is 0 Å². The summed E-state index contributed by atoms with van der Waals surface area (Å²) in [6.07, 6.45) is 1.23. The van der Waals surface area contributed by atoms with E-state index in [1.807, 2.05) is 18.2 Å². The maximum Gasteiger partial charge on any atom is 0.169 e. The van der Waals surface area contributed by atoms with Crippen LogP contribution in [0.15, 0.2) is 54.6 Å². The molecule has 1 saturated carbocycles. The molecule has 0 spiro atoms. The molecule has 3 nitrogen and oxygen atoms in total. The van der Waals surface area contributed by atoms with E-state index in [0.29, 0.717) is 29.5 Å². The molecule has 1 fully saturated rings. The van der Waals surface area contributed by atoms with Crippen LogP contribution in [0.3, 0.4) is 0 Å². The van der Waals surface area contributed by atoms with Crippen LogP contribution in [0.5, 0.6) is 0 Å². The molecule has 0 aliphatic heterocycles. The van der Waals surface area contributed by atoms with Crippen molar-refractivity contribution in [3.8, 4) is 24.0 Å². The molecule has 1 aliphatic rings. The standard InChI is InChI=1S/C20H14N2O/c21-14-17-7-5-4-6-16(17)10-11-20(23,19(15-22)12-13-19)18-8-2-1-3-9-18/h1-9,23H,12-13H2/t20-/m0/s1. The van der Waals surface area contributed by atoms with Crippen LogP contribution >= 0.6 is 0 Å². The molecule has 0 radical (unpaired) electrons. The van der Waals surface area contributed by atoms with Gasteiger partial charge in [-0.25, -0.2) is 0 Å². The molecule has 1 atom stereocenters. The Kier molecular flexibility index (Phi) is 3.63. The summed E-state index contributed by atoms with van der Waals surface area (Å²) in [7, 11) is 0. The first kappa shape index (κ1) is 14.9. The Morgan fingerprint density at radius 3 is 2.09 bits per heavy atom. The van der Waals surface area contributed by atoms with E-state index in [1.54, 1.807) is 36.4 Å². The van der Waals surface area contributed by atoms with Crippen molar-refractivity contribution in [2.45, 2.75) is 18.4 Å². The Labute approximate surface area is 135 Å². The second kappa shape index (κ2) is 5.62. The quantitative estimate of drug-likeness (QED) is 0.866. The van der Waals surface area contributed by atoms with Gasteiger partial charge in [-0.05, 0) is 30.5 Å². The van der Waals surface area contributed by atoms with Gasteiger partial charge in [0.2, 0.25) is 0 Å². The van der Waals surface area contributed by atoms with Gasteiger partial charge in [0.1, 0.15) is 11.5 Å². The highest BCUT2D eigenvalue weighted by atomic mass is 16.3. The van der Waals surface area contributed by atoms with Gasteiger partial charge < -0.3 is 5.11 Å². The predicted molar refractivity (Wildman–Crippen MR) is 85.7 cm³/mol. The van der Waals surface area contributed by atoms with Crippen molar-refractivity contribution < 1.29 is 5.11 Å². The minimum atomic E-state index is -1.54. The second-order valence-electron chi connectivity index (χ2n) is 5.68. The number of hydrogen-bond acceptors (Lipinski definition) is 3. The Hall–Kier alpha value is -3.06. The van der Waals surface area contributed by atoms with Crippen molar-refractivity contribution >= 4 is 0 Å². The number of aliphatic hydroxyl groups is 1. The lowest BCUT2D eigenvalue weighted by Crippen LogP contribution is -2.34. The monoisotopic (exact) mass is 298 g/mol. The van der Waals surface area contributed by atoms with Gasteiger partial charge in [-0.1, -0.05) is 54.3 Å². The van der Waals surface area contributed by atoms with Gasteiger partial charge in [0.25, 0.3) is 0 Å².